The highest BCUT2D eigenvalue weighted by Crippen LogP contribution is 2.31. The molecule has 0 aromatic carbocycles. The second-order valence-corrected chi connectivity index (χ2v) is 5.62. The lowest BCUT2D eigenvalue weighted by atomic mass is 10.4. The van der Waals surface area contributed by atoms with Crippen molar-refractivity contribution < 1.29 is 5.11 Å². The fourth-order valence-corrected chi connectivity index (χ4v) is 3.10. The molecule has 0 amide bonds. The zero-order chi connectivity index (χ0) is 8.97. The van der Waals surface area contributed by atoms with Gasteiger partial charge in [0.2, 0.25) is 0 Å². The molecular weight excluding hydrogens is 188 g/mol. The molecule has 0 aliphatic heterocycles. The van der Waals surface area contributed by atoms with Gasteiger partial charge in [-0.05, 0) is 18.6 Å². The molecule has 12 heavy (non-hydrogen) atoms. The second kappa shape index (κ2) is 4.90. The van der Waals surface area contributed by atoms with E-state index in [9.17, 15) is 0 Å². The van der Waals surface area contributed by atoms with Crippen LogP contribution in [0.15, 0.2) is 16.3 Å². The highest BCUT2D eigenvalue weighted by Gasteiger charge is 2.04. The minimum absolute atomic E-state index is 0.172. The largest absolute Gasteiger partial charge is 0.391 e. The SMILES string of the molecule is CCC(C)Sc1ccc(CO)s1. The molecule has 1 unspecified atom stereocenters. The van der Waals surface area contributed by atoms with Gasteiger partial charge in [-0.25, -0.2) is 0 Å². The Morgan fingerprint density at radius 3 is 2.83 bits per heavy atom. The number of rotatable bonds is 4. The third-order valence-electron chi connectivity index (χ3n) is 1.69. The standard InChI is InChI=1S/C9H14OS2/c1-3-7(2)11-9-5-4-8(6-10)12-9/h4-5,7,10H,3,6H2,1-2H3. The Hall–Kier alpha value is 0.01000. The quantitative estimate of drug-likeness (QED) is 0.757. The first-order valence-electron chi connectivity index (χ1n) is 4.12. The van der Waals surface area contributed by atoms with Crippen molar-refractivity contribution in [3.63, 3.8) is 0 Å². The minimum Gasteiger partial charge on any atom is -0.391 e. The first-order chi connectivity index (χ1) is 5.76. The van der Waals surface area contributed by atoms with Crippen LogP contribution in [-0.4, -0.2) is 10.4 Å². The van der Waals surface area contributed by atoms with Crippen molar-refractivity contribution in [3.8, 4) is 0 Å². The molecule has 1 rings (SSSR count). The summed E-state index contributed by atoms with van der Waals surface area (Å²) in [6.07, 6.45) is 1.19. The zero-order valence-corrected chi connectivity index (χ0v) is 9.04. The number of aliphatic hydroxyl groups excluding tert-OH is 1. The van der Waals surface area contributed by atoms with Crippen LogP contribution in [0.2, 0.25) is 0 Å². The van der Waals surface area contributed by atoms with E-state index in [0.29, 0.717) is 5.25 Å². The van der Waals surface area contributed by atoms with Crippen molar-refractivity contribution in [1.82, 2.24) is 0 Å². The maximum Gasteiger partial charge on any atom is 0.0774 e. The van der Waals surface area contributed by atoms with Gasteiger partial charge in [0.15, 0.2) is 0 Å². The average Bonchev–Trinajstić information content (AvgIpc) is 2.52. The fourth-order valence-electron chi connectivity index (χ4n) is 0.788. The minimum atomic E-state index is 0.172. The van der Waals surface area contributed by atoms with E-state index in [-0.39, 0.29) is 6.61 Å². The molecule has 1 aromatic rings. The maximum atomic E-state index is 8.84. The van der Waals surface area contributed by atoms with Crippen LogP contribution in [0.25, 0.3) is 0 Å². The second-order valence-electron chi connectivity index (χ2n) is 2.72. The molecular formula is C9H14OS2. The summed E-state index contributed by atoms with van der Waals surface area (Å²) >= 11 is 3.58. The highest BCUT2D eigenvalue weighted by atomic mass is 32.2. The van der Waals surface area contributed by atoms with Crippen LogP contribution in [0.1, 0.15) is 25.1 Å². The Morgan fingerprint density at radius 2 is 2.33 bits per heavy atom. The number of aliphatic hydroxyl groups is 1. The van der Waals surface area contributed by atoms with Crippen molar-refractivity contribution >= 4 is 23.1 Å². The van der Waals surface area contributed by atoms with Gasteiger partial charge < -0.3 is 5.11 Å². The summed E-state index contributed by atoms with van der Waals surface area (Å²) in [5, 5.41) is 9.52. The Balaban J connectivity index is 2.52. The summed E-state index contributed by atoms with van der Waals surface area (Å²) in [5.41, 5.74) is 0. The lowest BCUT2D eigenvalue weighted by Crippen LogP contribution is -1.89. The molecule has 3 heteroatoms. The molecule has 0 fully saturated rings. The van der Waals surface area contributed by atoms with Gasteiger partial charge >= 0.3 is 0 Å². The maximum absolute atomic E-state index is 8.84. The van der Waals surface area contributed by atoms with E-state index >= 15 is 0 Å². The topological polar surface area (TPSA) is 20.2 Å². The van der Waals surface area contributed by atoms with E-state index in [1.807, 2.05) is 17.8 Å². The van der Waals surface area contributed by atoms with Gasteiger partial charge in [-0.1, -0.05) is 13.8 Å². The van der Waals surface area contributed by atoms with E-state index in [1.165, 1.54) is 10.6 Å². The molecule has 68 valence electrons. The van der Waals surface area contributed by atoms with Crippen LogP contribution < -0.4 is 0 Å². The monoisotopic (exact) mass is 202 g/mol. The Kier molecular flexibility index (Phi) is 4.12. The Bertz CT molecular complexity index is 232. The molecule has 0 saturated heterocycles. The van der Waals surface area contributed by atoms with Crippen LogP contribution >= 0.6 is 23.1 Å². The van der Waals surface area contributed by atoms with E-state index in [2.05, 4.69) is 19.9 Å². The Labute approximate surface area is 81.8 Å². The predicted octanol–water partition coefficient (Wildman–Crippen LogP) is 3.13. The molecule has 0 radical (unpaired) electrons. The van der Waals surface area contributed by atoms with Crippen molar-refractivity contribution in [2.45, 2.75) is 36.3 Å². The van der Waals surface area contributed by atoms with E-state index < -0.39 is 0 Å². The number of hydrogen-bond donors (Lipinski definition) is 1. The molecule has 1 heterocycles. The number of hydrogen-bond acceptors (Lipinski definition) is 3. The van der Waals surface area contributed by atoms with Gasteiger partial charge in [0, 0.05) is 10.1 Å². The van der Waals surface area contributed by atoms with E-state index in [4.69, 9.17) is 5.11 Å². The number of thiophene rings is 1. The third kappa shape index (κ3) is 2.81. The van der Waals surface area contributed by atoms with Crippen molar-refractivity contribution in [3.05, 3.63) is 17.0 Å². The smallest absolute Gasteiger partial charge is 0.0774 e. The average molecular weight is 202 g/mol. The van der Waals surface area contributed by atoms with Crippen LogP contribution in [0.5, 0.6) is 0 Å². The molecule has 0 bridgehead atoms. The van der Waals surface area contributed by atoms with Crippen LogP contribution in [0.4, 0.5) is 0 Å². The molecule has 0 aliphatic carbocycles. The predicted molar refractivity (Wildman–Crippen MR) is 55.9 cm³/mol. The van der Waals surface area contributed by atoms with Gasteiger partial charge in [-0.2, -0.15) is 0 Å². The van der Waals surface area contributed by atoms with E-state index in [1.54, 1.807) is 11.3 Å². The molecule has 0 saturated carbocycles. The van der Waals surface area contributed by atoms with Crippen LogP contribution in [-0.2, 0) is 6.61 Å². The summed E-state index contributed by atoms with van der Waals surface area (Å²) < 4.78 is 1.31. The molecule has 1 N–H and O–H groups in total. The summed E-state index contributed by atoms with van der Waals surface area (Å²) in [6, 6.07) is 4.09. The van der Waals surface area contributed by atoms with Crippen LogP contribution in [0.3, 0.4) is 0 Å². The summed E-state index contributed by atoms with van der Waals surface area (Å²) in [4.78, 5) is 1.06. The van der Waals surface area contributed by atoms with Crippen molar-refractivity contribution in [1.29, 1.82) is 0 Å². The zero-order valence-electron chi connectivity index (χ0n) is 7.41. The molecule has 1 aromatic heterocycles. The third-order valence-corrected chi connectivity index (χ3v) is 4.19. The summed E-state index contributed by atoms with van der Waals surface area (Å²) in [7, 11) is 0. The number of thioether (sulfide) groups is 1. The lowest BCUT2D eigenvalue weighted by Gasteiger charge is -2.04. The van der Waals surface area contributed by atoms with Gasteiger partial charge in [0.1, 0.15) is 0 Å². The highest BCUT2D eigenvalue weighted by molar-refractivity contribution is 8.01. The first-order valence-corrected chi connectivity index (χ1v) is 5.82. The Morgan fingerprint density at radius 1 is 1.58 bits per heavy atom. The van der Waals surface area contributed by atoms with Gasteiger partial charge in [-0.3, -0.25) is 0 Å². The van der Waals surface area contributed by atoms with Crippen molar-refractivity contribution in [2.24, 2.45) is 0 Å². The van der Waals surface area contributed by atoms with Gasteiger partial charge in [0.05, 0.1) is 10.8 Å². The fraction of sp³-hybridized carbons (Fsp3) is 0.556. The van der Waals surface area contributed by atoms with Gasteiger partial charge in [-0.15, -0.1) is 23.1 Å². The van der Waals surface area contributed by atoms with Crippen molar-refractivity contribution in [2.75, 3.05) is 0 Å². The normalized spacial score (nSPS) is 13.2. The van der Waals surface area contributed by atoms with Crippen LogP contribution in [0, 0.1) is 0 Å². The molecule has 1 nitrogen and oxygen atoms in total. The van der Waals surface area contributed by atoms with Gasteiger partial charge in [0.25, 0.3) is 0 Å². The van der Waals surface area contributed by atoms with E-state index in [0.717, 1.165) is 4.88 Å². The molecule has 1 atom stereocenters. The summed E-state index contributed by atoms with van der Waals surface area (Å²) in [6.45, 7) is 4.59. The first kappa shape index (κ1) is 10.1. The molecule has 0 aliphatic rings. The molecule has 0 spiro atoms. The lowest BCUT2D eigenvalue weighted by molar-refractivity contribution is 0.285. The summed E-state index contributed by atoms with van der Waals surface area (Å²) in [5.74, 6) is 0.